The second kappa shape index (κ2) is 8.68. The van der Waals surface area contributed by atoms with Crippen molar-refractivity contribution in [2.45, 2.75) is 19.8 Å². The SMILES string of the molecule is CC1CCN(c2ccc(C(=O)NNC(=O)c3ccc(F)cc3)cc2[N+](=O)[O-])CC1. The monoisotopic (exact) mass is 400 g/mol. The summed E-state index contributed by atoms with van der Waals surface area (Å²) in [5.41, 5.74) is 4.95. The van der Waals surface area contributed by atoms with Crippen LogP contribution in [0, 0.1) is 21.8 Å². The molecule has 29 heavy (non-hydrogen) atoms. The van der Waals surface area contributed by atoms with Gasteiger partial charge in [0.25, 0.3) is 17.5 Å². The first-order valence-corrected chi connectivity index (χ1v) is 9.25. The van der Waals surface area contributed by atoms with Gasteiger partial charge in [0.2, 0.25) is 0 Å². The van der Waals surface area contributed by atoms with E-state index in [0.717, 1.165) is 38.1 Å². The predicted octanol–water partition coefficient (Wildman–Crippen LogP) is 3.05. The van der Waals surface area contributed by atoms with Gasteiger partial charge in [0, 0.05) is 30.3 Å². The fraction of sp³-hybridized carbons (Fsp3) is 0.300. The predicted molar refractivity (Wildman–Crippen MR) is 105 cm³/mol. The number of amides is 2. The van der Waals surface area contributed by atoms with Crippen LogP contribution in [0.25, 0.3) is 0 Å². The number of nitrogens with zero attached hydrogens (tertiary/aromatic N) is 2. The molecule has 1 aliphatic rings. The number of hydrogen-bond acceptors (Lipinski definition) is 5. The van der Waals surface area contributed by atoms with Gasteiger partial charge >= 0.3 is 0 Å². The van der Waals surface area contributed by atoms with Gasteiger partial charge in [-0.05, 0) is 55.2 Å². The largest absolute Gasteiger partial charge is 0.366 e. The maximum Gasteiger partial charge on any atom is 0.293 e. The zero-order valence-corrected chi connectivity index (χ0v) is 15.9. The number of carbonyl (C=O) groups is 2. The van der Waals surface area contributed by atoms with Gasteiger partial charge in [-0.15, -0.1) is 0 Å². The Morgan fingerprint density at radius 1 is 1.03 bits per heavy atom. The van der Waals surface area contributed by atoms with Crippen molar-refractivity contribution in [1.29, 1.82) is 0 Å². The number of benzene rings is 2. The highest BCUT2D eigenvalue weighted by atomic mass is 19.1. The maximum absolute atomic E-state index is 12.9. The number of halogens is 1. The van der Waals surface area contributed by atoms with E-state index >= 15 is 0 Å². The van der Waals surface area contributed by atoms with E-state index in [1.54, 1.807) is 6.07 Å². The number of nitro groups is 1. The summed E-state index contributed by atoms with van der Waals surface area (Å²) in [6.07, 6.45) is 1.91. The topological polar surface area (TPSA) is 105 Å². The number of hydrogen-bond donors (Lipinski definition) is 2. The maximum atomic E-state index is 12.9. The first-order valence-electron chi connectivity index (χ1n) is 9.25. The Balaban J connectivity index is 1.70. The molecule has 0 aromatic heterocycles. The Morgan fingerprint density at radius 3 is 2.17 bits per heavy atom. The van der Waals surface area contributed by atoms with Gasteiger partial charge in [-0.1, -0.05) is 6.92 Å². The molecule has 2 amide bonds. The van der Waals surface area contributed by atoms with Crippen molar-refractivity contribution in [2.75, 3.05) is 18.0 Å². The van der Waals surface area contributed by atoms with Crippen molar-refractivity contribution in [3.05, 3.63) is 69.5 Å². The third-order valence-electron chi connectivity index (χ3n) is 4.95. The van der Waals surface area contributed by atoms with E-state index < -0.39 is 22.6 Å². The molecule has 0 aliphatic carbocycles. The van der Waals surface area contributed by atoms with Gasteiger partial charge in [0.05, 0.1) is 4.92 Å². The lowest BCUT2D eigenvalue weighted by Gasteiger charge is -2.31. The summed E-state index contributed by atoms with van der Waals surface area (Å²) in [6.45, 7) is 3.60. The first kappa shape index (κ1) is 20.2. The second-order valence-corrected chi connectivity index (χ2v) is 7.05. The van der Waals surface area contributed by atoms with Crippen LogP contribution in [0.5, 0.6) is 0 Å². The molecule has 0 saturated carbocycles. The van der Waals surface area contributed by atoms with Gasteiger partial charge in [0.15, 0.2) is 0 Å². The van der Waals surface area contributed by atoms with Crippen molar-refractivity contribution in [1.82, 2.24) is 10.9 Å². The molecule has 0 bridgehead atoms. The molecule has 0 radical (unpaired) electrons. The molecule has 8 nitrogen and oxygen atoms in total. The highest BCUT2D eigenvalue weighted by Gasteiger charge is 2.25. The lowest BCUT2D eigenvalue weighted by molar-refractivity contribution is -0.384. The quantitative estimate of drug-likeness (QED) is 0.606. The number of nitrogens with one attached hydrogen (secondary N) is 2. The summed E-state index contributed by atoms with van der Waals surface area (Å²) < 4.78 is 12.9. The average Bonchev–Trinajstić information content (AvgIpc) is 2.72. The number of rotatable bonds is 4. The Bertz CT molecular complexity index is 925. The summed E-state index contributed by atoms with van der Waals surface area (Å²) >= 11 is 0. The molecule has 3 rings (SSSR count). The Morgan fingerprint density at radius 2 is 1.59 bits per heavy atom. The summed E-state index contributed by atoms with van der Waals surface area (Å²) in [6, 6.07) is 9.05. The highest BCUT2D eigenvalue weighted by Crippen LogP contribution is 2.32. The number of carbonyl (C=O) groups excluding carboxylic acids is 2. The number of hydrazine groups is 1. The van der Waals surface area contributed by atoms with Crippen LogP contribution in [0.2, 0.25) is 0 Å². The molecule has 2 N–H and O–H groups in total. The molecule has 0 spiro atoms. The molecule has 1 fully saturated rings. The van der Waals surface area contributed by atoms with Crippen LogP contribution in [-0.4, -0.2) is 29.8 Å². The van der Waals surface area contributed by atoms with Crippen LogP contribution in [0.15, 0.2) is 42.5 Å². The van der Waals surface area contributed by atoms with Crippen LogP contribution in [0.3, 0.4) is 0 Å². The van der Waals surface area contributed by atoms with Crippen LogP contribution in [-0.2, 0) is 0 Å². The molecule has 2 aromatic carbocycles. The molecule has 2 aromatic rings. The van der Waals surface area contributed by atoms with Crippen LogP contribution >= 0.6 is 0 Å². The van der Waals surface area contributed by atoms with E-state index in [1.807, 2.05) is 4.90 Å². The molecule has 0 unspecified atom stereocenters. The molecule has 152 valence electrons. The molecular formula is C20H21FN4O4. The Kier molecular flexibility index (Phi) is 6.06. The van der Waals surface area contributed by atoms with Gasteiger partial charge in [0.1, 0.15) is 11.5 Å². The van der Waals surface area contributed by atoms with Gasteiger partial charge in [-0.2, -0.15) is 0 Å². The first-order chi connectivity index (χ1) is 13.8. The fourth-order valence-corrected chi connectivity index (χ4v) is 3.19. The Hall–Kier alpha value is -3.49. The van der Waals surface area contributed by atoms with Gasteiger partial charge in [-0.3, -0.25) is 30.6 Å². The molecular weight excluding hydrogens is 379 g/mol. The van der Waals surface area contributed by atoms with Gasteiger partial charge in [-0.25, -0.2) is 4.39 Å². The smallest absolute Gasteiger partial charge is 0.293 e. The van der Waals surface area contributed by atoms with E-state index in [2.05, 4.69) is 17.8 Å². The lowest BCUT2D eigenvalue weighted by Crippen LogP contribution is -2.41. The number of nitro benzene ring substituents is 1. The third kappa shape index (κ3) is 4.87. The van der Waals surface area contributed by atoms with Crippen LogP contribution in [0.4, 0.5) is 15.8 Å². The minimum atomic E-state index is -0.692. The van der Waals surface area contributed by atoms with Crippen LogP contribution in [0.1, 0.15) is 40.5 Å². The van der Waals surface area contributed by atoms with Crippen molar-refractivity contribution < 1.29 is 18.9 Å². The summed E-state index contributed by atoms with van der Waals surface area (Å²) in [5, 5.41) is 11.5. The third-order valence-corrected chi connectivity index (χ3v) is 4.95. The molecule has 1 saturated heterocycles. The molecule has 1 heterocycles. The zero-order chi connectivity index (χ0) is 21.0. The van der Waals surface area contributed by atoms with Crippen molar-refractivity contribution in [3.8, 4) is 0 Å². The minimum Gasteiger partial charge on any atom is -0.366 e. The molecule has 0 atom stereocenters. The summed E-state index contributed by atoms with van der Waals surface area (Å²) in [5.74, 6) is -1.23. The zero-order valence-electron chi connectivity index (χ0n) is 15.9. The van der Waals surface area contributed by atoms with Crippen molar-refractivity contribution in [2.24, 2.45) is 5.92 Å². The van der Waals surface area contributed by atoms with E-state index in [9.17, 15) is 24.1 Å². The summed E-state index contributed by atoms with van der Waals surface area (Å²) in [7, 11) is 0. The second-order valence-electron chi connectivity index (χ2n) is 7.05. The Labute approximate surface area is 166 Å². The number of anilines is 1. The fourth-order valence-electron chi connectivity index (χ4n) is 3.19. The van der Waals surface area contributed by atoms with Gasteiger partial charge < -0.3 is 4.90 Å². The minimum absolute atomic E-state index is 0.0465. The summed E-state index contributed by atoms with van der Waals surface area (Å²) in [4.78, 5) is 37.3. The molecule has 9 heteroatoms. The lowest BCUT2D eigenvalue weighted by atomic mass is 9.98. The van der Waals surface area contributed by atoms with Crippen molar-refractivity contribution >= 4 is 23.2 Å². The van der Waals surface area contributed by atoms with E-state index in [1.165, 1.54) is 24.3 Å². The highest BCUT2D eigenvalue weighted by molar-refractivity contribution is 5.99. The van der Waals surface area contributed by atoms with E-state index in [-0.39, 0.29) is 16.8 Å². The normalized spacial score (nSPS) is 14.3. The van der Waals surface area contributed by atoms with Crippen molar-refractivity contribution in [3.63, 3.8) is 0 Å². The standard InChI is InChI=1S/C20H21FN4O4/c1-13-8-10-24(11-9-13)17-7-4-15(12-18(17)25(28)29)20(27)23-22-19(26)14-2-5-16(21)6-3-14/h2-7,12-13H,8-11H2,1H3,(H,22,26)(H,23,27). The van der Waals surface area contributed by atoms with Crippen LogP contribution < -0.4 is 15.8 Å². The average molecular weight is 400 g/mol. The van der Waals surface area contributed by atoms with E-state index in [4.69, 9.17) is 0 Å². The number of piperidine rings is 1. The van der Waals surface area contributed by atoms with E-state index in [0.29, 0.717) is 11.6 Å². The molecule has 1 aliphatic heterocycles.